The van der Waals surface area contributed by atoms with Gasteiger partial charge in [-0.15, -0.1) is 0 Å². The molecule has 0 spiro atoms. The molecular formula is C20H38O7. The van der Waals surface area contributed by atoms with E-state index in [9.17, 15) is 19.2 Å². The Morgan fingerprint density at radius 3 is 1.37 bits per heavy atom. The highest BCUT2D eigenvalue weighted by atomic mass is 16.7. The van der Waals surface area contributed by atoms with Crippen molar-refractivity contribution in [2.45, 2.75) is 74.7 Å². The Bertz CT molecular complexity index is 407. The lowest BCUT2D eigenvalue weighted by Crippen LogP contribution is -2.12. The molecule has 0 saturated heterocycles. The van der Waals surface area contributed by atoms with Gasteiger partial charge in [-0.1, -0.05) is 27.7 Å². The van der Waals surface area contributed by atoms with Gasteiger partial charge in [0, 0.05) is 12.8 Å². The Labute approximate surface area is 164 Å². The summed E-state index contributed by atoms with van der Waals surface area (Å²) >= 11 is 0. The van der Waals surface area contributed by atoms with Gasteiger partial charge >= 0.3 is 12.1 Å². The van der Waals surface area contributed by atoms with Crippen LogP contribution in [-0.4, -0.2) is 43.5 Å². The van der Waals surface area contributed by atoms with Gasteiger partial charge < -0.3 is 19.0 Å². The van der Waals surface area contributed by atoms with Crippen LogP contribution in [0.2, 0.25) is 0 Å². The molecule has 0 aromatic heterocycles. The van der Waals surface area contributed by atoms with Crippen molar-refractivity contribution < 1.29 is 33.4 Å². The Balaban J connectivity index is -0.000000336. The third-order valence-electron chi connectivity index (χ3n) is 2.50. The normalized spacial score (nSPS) is 9.41. The fraction of sp³-hybridized carbons (Fsp3) is 0.800. The minimum atomic E-state index is -0.588. The SMILES string of the molecule is CC(=O)CC(C)C.CCOC(=O)CC(=O)CC(C)C.CCOC(=O)OCC. The smallest absolute Gasteiger partial charge is 0.466 e. The van der Waals surface area contributed by atoms with E-state index in [2.05, 4.69) is 14.2 Å². The molecule has 0 rings (SSSR count). The molecule has 0 aliphatic heterocycles. The van der Waals surface area contributed by atoms with Gasteiger partial charge in [-0.25, -0.2) is 4.79 Å². The molecule has 0 aliphatic rings. The van der Waals surface area contributed by atoms with Crippen LogP contribution in [0.25, 0.3) is 0 Å². The average Bonchev–Trinajstić information content (AvgIpc) is 2.46. The first kappa shape index (κ1) is 29.8. The summed E-state index contributed by atoms with van der Waals surface area (Å²) < 4.78 is 13.5. The van der Waals surface area contributed by atoms with E-state index in [1.807, 2.05) is 27.7 Å². The van der Waals surface area contributed by atoms with Crippen molar-refractivity contribution in [2.24, 2.45) is 11.8 Å². The van der Waals surface area contributed by atoms with E-state index in [-0.39, 0.29) is 18.0 Å². The van der Waals surface area contributed by atoms with E-state index >= 15 is 0 Å². The molecule has 0 aliphatic carbocycles. The third-order valence-corrected chi connectivity index (χ3v) is 2.50. The lowest BCUT2D eigenvalue weighted by Gasteiger charge is -2.03. The van der Waals surface area contributed by atoms with E-state index in [1.165, 1.54) is 0 Å². The Morgan fingerprint density at radius 1 is 0.704 bits per heavy atom. The second-order valence-corrected chi connectivity index (χ2v) is 6.53. The zero-order valence-electron chi connectivity index (χ0n) is 18.3. The zero-order valence-corrected chi connectivity index (χ0v) is 18.3. The fourth-order valence-electron chi connectivity index (χ4n) is 1.75. The van der Waals surface area contributed by atoms with Crippen molar-refractivity contribution >= 4 is 23.7 Å². The van der Waals surface area contributed by atoms with Crippen LogP contribution in [0, 0.1) is 11.8 Å². The summed E-state index contributed by atoms with van der Waals surface area (Å²) in [5.41, 5.74) is 0. The van der Waals surface area contributed by atoms with Crippen LogP contribution in [0.3, 0.4) is 0 Å². The summed E-state index contributed by atoms with van der Waals surface area (Å²) in [6.07, 6.45) is 0.514. The van der Waals surface area contributed by atoms with Gasteiger partial charge in [0.25, 0.3) is 0 Å². The monoisotopic (exact) mass is 390 g/mol. The van der Waals surface area contributed by atoms with Crippen LogP contribution in [0.4, 0.5) is 4.79 Å². The molecule has 0 aromatic rings. The first-order chi connectivity index (χ1) is 12.5. The van der Waals surface area contributed by atoms with E-state index in [0.717, 1.165) is 6.42 Å². The van der Waals surface area contributed by atoms with Crippen molar-refractivity contribution in [3.05, 3.63) is 0 Å². The Kier molecular flexibility index (Phi) is 22.5. The number of hydrogen-bond acceptors (Lipinski definition) is 7. The van der Waals surface area contributed by atoms with Crippen molar-refractivity contribution in [1.29, 1.82) is 0 Å². The zero-order chi connectivity index (χ0) is 21.8. The minimum absolute atomic E-state index is 0.0385. The van der Waals surface area contributed by atoms with Crippen molar-refractivity contribution in [3.63, 3.8) is 0 Å². The second-order valence-electron chi connectivity index (χ2n) is 6.53. The summed E-state index contributed by atoms with van der Waals surface area (Å²) in [7, 11) is 0. The lowest BCUT2D eigenvalue weighted by molar-refractivity contribution is -0.145. The van der Waals surface area contributed by atoms with Crippen LogP contribution < -0.4 is 0 Å². The van der Waals surface area contributed by atoms with Gasteiger partial charge in [-0.3, -0.25) is 9.59 Å². The van der Waals surface area contributed by atoms with Gasteiger partial charge in [-0.2, -0.15) is 0 Å². The molecule has 7 nitrogen and oxygen atoms in total. The quantitative estimate of drug-likeness (QED) is 0.426. The van der Waals surface area contributed by atoms with Crippen molar-refractivity contribution in [2.75, 3.05) is 19.8 Å². The molecule has 0 bridgehead atoms. The predicted molar refractivity (Wildman–Crippen MR) is 104 cm³/mol. The molecule has 0 unspecified atom stereocenters. The predicted octanol–water partition coefficient (Wildman–Crippen LogP) is 4.36. The summed E-state index contributed by atoms with van der Waals surface area (Å²) in [4.78, 5) is 42.3. The third kappa shape index (κ3) is 32.2. The highest BCUT2D eigenvalue weighted by Crippen LogP contribution is 2.03. The summed E-state index contributed by atoms with van der Waals surface area (Å²) in [5.74, 6) is 0.672. The van der Waals surface area contributed by atoms with Gasteiger partial charge in [0.2, 0.25) is 0 Å². The molecule has 7 heteroatoms. The van der Waals surface area contributed by atoms with Gasteiger partial charge in [0.15, 0.2) is 0 Å². The fourth-order valence-corrected chi connectivity index (χ4v) is 1.75. The number of carbonyl (C=O) groups excluding carboxylic acids is 4. The first-order valence-corrected chi connectivity index (χ1v) is 9.46. The Hall–Kier alpha value is -1.92. The maximum absolute atomic E-state index is 11.0. The molecule has 0 aromatic carbocycles. The summed E-state index contributed by atoms with van der Waals surface area (Å²) in [5, 5.41) is 0. The molecule has 0 atom stereocenters. The molecule has 27 heavy (non-hydrogen) atoms. The minimum Gasteiger partial charge on any atom is -0.466 e. The van der Waals surface area contributed by atoms with E-state index < -0.39 is 12.1 Å². The van der Waals surface area contributed by atoms with Crippen molar-refractivity contribution in [1.82, 2.24) is 0 Å². The van der Waals surface area contributed by atoms with Crippen molar-refractivity contribution in [3.8, 4) is 0 Å². The summed E-state index contributed by atoms with van der Waals surface area (Å²) in [6.45, 7) is 15.9. The topological polar surface area (TPSA) is 96.0 Å². The number of rotatable bonds is 9. The van der Waals surface area contributed by atoms with Crippen LogP contribution >= 0.6 is 0 Å². The van der Waals surface area contributed by atoms with Gasteiger partial charge in [0.05, 0.1) is 19.8 Å². The lowest BCUT2D eigenvalue weighted by atomic mass is 10.1. The van der Waals surface area contributed by atoms with Crippen LogP contribution in [-0.2, 0) is 28.6 Å². The average molecular weight is 391 g/mol. The van der Waals surface area contributed by atoms with Crippen LogP contribution in [0.1, 0.15) is 74.7 Å². The van der Waals surface area contributed by atoms with Crippen LogP contribution in [0.5, 0.6) is 0 Å². The summed E-state index contributed by atoms with van der Waals surface area (Å²) in [6, 6.07) is 0. The second kappa shape index (κ2) is 20.4. The number of esters is 1. The molecule has 0 heterocycles. The highest BCUT2D eigenvalue weighted by molar-refractivity contribution is 5.95. The van der Waals surface area contributed by atoms with Gasteiger partial charge in [-0.05, 0) is 39.5 Å². The Morgan fingerprint density at radius 2 is 1.11 bits per heavy atom. The van der Waals surface area contributed by atoms with Crippen LogP contribution in [0.15, 0.2) is 0 Å². The van der Waals surface area contributed by atoms with Gasteiger partial charge in [0.1, 0.15) is 18.0 Å². The first-order valence-electron chi connectivity index (χ1n) is 9.46. The number of carbonyl (C=O) groups is 4. The molecular weight excluding hydrogens is 352 g/mol. The standard InChI is InChI=1S/C9H16O3.C6H12O.C5H10O3/c1-4-12-9(11)6-8(10)5-7(2)3;1-5(2)4-6(3)7;1-3-7-5(6)8-4-2/h7H,4-6H2,1-3H3;5H,4H2,1-3H3;3-4H2,1-2H3. The number of Topliss-reactive ketones (excluding diaryl/α,β-unsaturated/α-hetero) is 2. The largest absolute Gasteiger partial charge is 0.508 e. The highest BCUT2D eigenvalue weighted by Gasteiger charge is 2.11. The van der Waals surface area contributed by atoms with E-state index in [4.69, 9.17) is 0 Å². The van der Waals surface area contributed by atoms with E-state index in [0.29, 0.717) is 38.1 Å². The molecule has 0 radical (unpaired) electrons. The number of hydrogen-bond donors (Lipinski definition) is 0. The molecule has 0 N–H and O–H groups in total. The number of ketones is 2. The molecule has 0 amide bonds. The molecule has 0 fully saturated rings. The molecule has 160 valence electrons. The van der Waals surface area contributed by atoms with E-state index in [1.54, 1.807) is 27.7 Å². The maximum Gasteiger partial charge on any atom is 0.508 e. The maximum atomic E-state index is 11.0. The molecule has 0 saturated carbocycles. The number of ether oxygens (including phenoxy) is 3.